The normalized spacial score (nSPS) is 10.9. The number of fused-ring (bicyclic) bond motifs is 1. The summed E-state index contributed by atoms with van der Waals surface area (Å²) < 4.78 is 2.34. The standard InChI is InChI=1S/C20H16NS/c1-2-7-16(8-3-1)15-21-13-14-22-20(21)19-12-6-10-17-9-4-5-11-18(17)19/h1-14H,15H2/q+1. The van der Waals surface area contributed by atoms with Crippen LogP contribution >= 0.6 is 11.3 Å². The van der Waals surface area contributed by atoms with Crippen molar-refractivity contribution in [3.8, 4) is 10.6 Å². The van der Waals surface area contributed by atoms with Crippen molar-refractivity contribution in [2.75, 3.05) is 0 Å². The maximum absolute atomic E-state index is 2.34. The Bertz CT molecular complexity index is 904. The van der Waals surface area contributed by atoms with Gasteiger partial charge in [0.1, 0.15) is 0 Å². The van der Waals surface area contributed by atoms with Crippen LogP contribution in [0.1, 0.15) is 5.56 Å². The lowest BCUT2D eigenvalue weighted by atomic mass is 10.0. The minimum Gasteiger partial charge on any atom is -0.184 e. The minimum absolute atomic E-state index is 0.906. The van der Waals surface area contributed by atoms with Crippen LogP contribution in [0.5, 0.6) is 0 Å². The van der Waals surface area contributed by atoms with Gasteiger partial charge in [0.15, 0.2) is 12.7 Å². The fourth-order valence-corrected chi connectivity index (χ4v) is 3.74. The zero-order chi connectivity index (χ0) is 14.8. The van der Waals surface area contributed by atoms with Crippen LogP contribution in [0.25, 0.3) is 21.3 Å². The predicted molar refractivity (Wildman–Crippen MR) is 93.0 cm³/mol. The molecule has 0 spiro atoms. The molecule has 0 bridgehead atoms. The molecular formula is C20H16NS+. The van der Waals surface area contributed by atoms with Gasteiger partial charge in [-0.1, -0.05) is 78.1 Å². The molecule has 0 N–H and O–H groups in total. The van der Waals surface area contributed by atoms with Crippen LogP contribution in [-0.2, 0) is 6.54 Å². The molecule has 0 aliphatic rings. The molecule has 4 rings (SSSR count). The van der Waals surface area contributed by atoms with Gasteiger partial charge < -0.3 is 0 Å². The lowest BCUT2D eigenvalue weighted by Crippen LogP contribution is -2.33. The number of rotatable bonds is 3. The van der Waals surface area contributed by atoms with Crippen LogP contribution in [0.2, 0.25) is 0 Å². The van der Waals surface area contributed by atoms with Gasteiger partial charge in [-0.3, -0.25) is 0 Å². The summed E-state index contributed by atoms with van der Waals surface area (Å²) in [5, 5.41) is 6.08. The topological polar surface area (TPSA) is 3.88 Å². The summed E-state index contributed by atoms with van der Waals surface area (Å²) in [5.41, 5.74) is 2.64. The first-order valence-electron chi connectivity index (χ1n) is 7.41. The molecule has 1 aromatic heterocycles. The molecule has 22 heavy (non-hydrogen) atoms. The van der Waals surface area contributed by atoms with E-state index >= 15 is 0 Å². The summed E-state index contributed by atoms with van der Waals surface area (Å²) >= 11 is 1.80. The summed E-state index contributed by atoms with van der Waals surface area (Å²) in [4.78, 5) is 0. The zero-order valence-corrected chi connectivity index (χ0v) is 13.0. The van der Waals surface area contributed by atoms with E-state index in [4.69, 9.17) is 0 Å². The lowest BCUT2D eigenvalue weighted by molar-refractivity contribution is -0.673. The Morgan fingerprint density at radius 3 is 2.45 bits per heavy atom. The Morgan fingerprint density at radius 1 is 0.773 bits per heavy atom. The first kappa shape index (κ1) is 13.2. The van der Waals surface area contributed by atoms with Gasteiger partial charge in [-0.05, 0) is 16.8 Å². The van der Waals surface area contributed by atoms with Crippen molar-refractivity contribution >= 4 is 22.1 Å². The largest absolute Gasteiger partial charge is 0.269 e. The van der Waals surface area contributed by atoms with E-state index in [0.717, 1.165) is 6.54 Å². The van der Waals surface area contributed by atoms with E-state index in [1.807, 2.05) is 0 Å². The van der Waals surface area contributed by atoms with Crippen molar-refractivity contribution in [2.45, 2.75) is 6.54 Å². The van der Waals surface area contributed by atoms with Gasteiger partial charge in [0.05, 0.1) is 10.9 Å². The van der Waals surface area contributed by atoms with Crippen LogP contribution < -0.4 is 4.57 Å². The Labute approximate surface area is 134 Å². The van der Waals surface area contributed by atoms with Gasteiger partial charge in [-0.15, -0.1) is 0 Å². The summed E-state index contributed by atoms with van der Waals surface area (Å²) in [6, 6.07) is 25.7. The van der Waals surface area contributed by atoms with Gasteiger partial charge >= 0.3 is 0 Å². The second-order valence-electron chi connectivity index (χ2n) is 5.35. The second-order valence-corrected chi connectivity index (χ2v) is 6.24. The highest BCUT2D eigenvalue weighted by molar-refractivity contribution is 7.12. The van der Waals surface area contributed by atoms with Crippen LogP contribution in [0.3, 0.4) is 0 Å². The average Bonchev–Trinajstić information content (AvgIpc) is 3.03. The maximum atomic E-state index is 2.34. The molecule has 4 aromatic rings. The molecule has 1 heterocycles. The van der Waals surface area contributed by atoms with E-state index in [9.17, 15) is 0 Å². The maximum Gasteiger partial charge on any atom is 0.269 e. The Morgan fingerprint density at radius 2 is 1.55 bits per heavy atom. The Balaban J connectivity index is 1.82. The van der Waals surface area contributed by atoms with E-state index in [2.05, 4.69) is 88.9 Å². The van der Waals surface area contributed by atoms with E-state index in [1.54, 1.807) is 11.3 Å². The van der Waals surface area contributed by atoms with E-state index in [1.165, 1.54) is 26.9 Å². The van der Waals surface area contributed by atoms with Crippen molar-refractivity contribution < 1.29 is 4.57 Å². The van der Waals surface area contributed by atoms with Crippen molar-refractivity contribution in [3.05, 3.63) is 89.9 Å². The van der Waals surface area contributed by atoms with Crippen LogP contribution in [0.15, 0.2) is 84.4 Å². The molecule has 0 unspecified atom stereocenters. The zero-order valence-electron chi connectivity index (χ0n) is 12.1. The number of nitrogens with zero attached hydrogens (tertiary/aromatic N) is 1. The van der Waals surface area contributed by atoms with Gasteiger partial charge in [0, 0.05) is 5.56 Å². The van der Waals surface area contributed by atoms with Crippen LogP contribution in [0, 0.1) is 0 Å². The molecule has 0 radical (unpaired) electrons. The fourth-order valence-electron chi connectivity index (χ4n) is 2.84. The molecule has 3 aromatic carbocycles. The number of hydrogen-bond donors (Lipinski definition) is 0. The number of aromatic nitrogens is 1. The minimum atomic E-state index is 0.906. The number of thiazole rings is 1. The van der Waals surface area contributed by atoms with Crippen molar-refractivity contribution in [1.82, 2.24) is 0 Å². The third-order valence-corrected chi connectivity index (χ3v) is 4.83. The quantitative estimate of drug-likeness (QED) is 0.474. The number of hydrogen-bond acceptors (Lipinski definition) is 1. The molecule has 106 valence electrons. The van der Waals surface area contributed by atoms with Crippen molar-refractivity contribution in [3.63, 3.8) is 0 Å². The van der Waals surface area contributed by atoms with Crippen LogP contribution in [-0.4, -0.2) is 0 Å². The highest BCUT2D eigenvalue weighted by Gasteiger charge is 2.17. The first-order chi connectivity index (χ1) is 10.9. The lowest BCUT2D eigenvalue weighted by Gasteiger charge is -2.04. The SMILES string of the molecule is c1ccc(C[n+]2ccsc2-c2cccc3ccccc23)cc1. The highest BCUT2D eigenvalue weighted by Crippen LogP contribution is 2.29. The summed E-state index contributed by atoms with van der Waals surface area (Å²) in [6.45, 7) is 0.906. The Hall–Kier alpha value is -2.45. The fraction of sp³-hybridized carbons (Fsp3) is 0.0500. The monoisotopic (exact) mass is 302 g/mol. The second kappa shape index (κ2) is 5.74. The third kappa shape index (κ3) is 2.42. The van der Waals surface area contributed by atoms with Crippen LogP contribution in [0.4, 0.5) is 0 Å². The first-order valence-corrected chi connectivity index (χ1v) is 8.29. The van der Waals surface area contributed by atoms with E-state index in [0.29, 0.717) is 0 Å². The Kier molecular flexibility index (Phi) is 3.45. The molecule has 0 fully saturated rings. The molecule has 0 aliphatic carbocycles. The smallest absolute Gasteiger partial charge is 0.184 e. The average molecular weight is 302 g/mol. The molecule has 0 aliphatic heterocycles. The van der Waals surface area contributed by atoms with Gasteiger partial charge in [-0.25, -0.2) is 0 Å². The van der Waals surface area contributed by atoms with Gasteiger partial charge in [-0.2, -0.15) is 4.57 Å². The van der Waals surface area contributed by atoms with E-state index in [-0.39, 0.29) is 0 Å². The molecule has 0 atom stereocenters. The molecule has 1 nitrogen and oxygen atoms in total. The van der Waals surface area contributed by atoms with Gasteiger partial charge in [0.2, 0.25) is 0 Å². The summed E-state index contributed by atoms with van der Waals surface area (Å²) in [5.74, 6) is 0. The highest BCUT2D eigenvalue weighted by atomic mass is 32.1. The van der Waals surface area contributed by atoms with Crippen molar-refractivity contribution in [2.24, 2.45) is 0 Å². The number of benzene rings is 3. The molecule has 0 saturated heterocycles. The summed E-state index contributed by atoms with van der Waals surface area (Å²) in [7, 11) is 0. The van der Waals surface area contributed by atoms with E-state index < -0.39 is 0 Å². The molecule has 0 saturated carbocycles. The van der Waals surface area contributed by atoms with Crippen molar-refractivity contribution in [1.29, 1.82) is 0 Å². The summed E-state index contributed by atoms with van der Waals surface area (Å²) in [6.07, 6.45) is 2.18. The van der Waals surface area contributed by atoms with Gasteiger partial charge in [0.25, 0.3) is 5.01 Å². The third-order valence-electron chi connectivity index (χ3n) is 3.90. The molecule has 0 amide bonds. The molecule has 2 heteroatoms. The molecular weight excluding hydrogens is 286 g/mol. The predicted octanol–water partition coefficient (Wildman–Crippen LogP) is 4.90.